The average molecular weight is 592 g/mol. The van der Waals surface area contributed by atoms with Crippen LogP contribution in [0.15, 0.2) is 55.5 Å². The number of hydrogen-bond acceptors (Lipinski definition) is 7. The summed E-state index contributed by atoms with van der Waals surface area (Å²) in [5, 5.41) is 18.6. The highest BCUT2D eigenvalue weighted by molar-refractivity contribution is 5.94. The topological polar surface area (TPSA) is 224 Å². The smallest absolute Gasteiger partial charge is 0.326 e. The molecule has 14 nitrogen and oxygen atoms in total. The van der Waals surface area contributed by atoms with Crippen molar-refractivity contribution in [2.75, 3.05) is 0 Å². The lowest BCUT2D eigenvalue weighted by molar-refractivity contribution is -0.143. The zero-order chi connectivity index (χ0) is 30.9. The molecule has 0 aliphatic carbocycles. The molecule has 5 atom stereocenters. The van der Waals surface area contributed by atoms with E-state index in [1.165, 1.54) is 25.0 Å². The zero-order valence-corrected chi connectivity index (χ0v) is 24.0. The highest BCUT2D eigenvalue weighted by Gasteiger charge is 2.32. The Hall–Kier alpha value is -4.98. The summed E-state index contributed by atoms with van der Waals surface area (Å²) in [5.74, 6) is -3.42. The number of aliphatic carboxylic acids is 1. The van der Waals surface area contributed by atoms with Gasteiger partial charge < -0.3 is 41.7 Å². The first-order chi connectivity index (χ1) is 20.7. The molecule has 43 heavy (non-hydrogen) atoms. The van der Waals surface area contributed by atoms with Gasteiger partial charge in [-0.25, -0.2) is 14.8 Å². The second-order valence-corrected chi connectivity index (χ2v) is 10.6. The second kappa shape index (κ2) is 14.3. The van der Waals surface area contributed by atoms with Crippen LogP contribution < -0.4 is 21.7 Å². The minimum absolute atomic E-state index is 0.00915. The Morgan fingerprint density at radius 3 is 2.00 bits per heavy atom. The number of hydrogen-bond donors (Lipinski definition) is 8. The lowest BCUT2D eigenvalue weighted by Gasteiger charge is -2.26. The quantitative estimate of drug-likeness (QED) is 0.0972. The van der Waals surface area contributed by atoms with Gasteiger partial charge >= 0.3 is 5.97 Å². The number of benzene rings is 1. The third kappa shape index (κ3) is 8.07. The third-order valence-electron chi connectivity index (χ3n) is 7.45. The molecule has 228 valence electrons. The first kappa shape index (κ1) is 31.0. The fourth-order valence-corrected chi connectivity index (χ4v) is 4.77. The molecular weight excluding hydrogens is 554 g/mol. The van der Waals surface area contributed by atoms with Gasteiger partial charge in [-0.2, -0.15) is 0 Å². The summed E-state index contributed by atoms with van der Waals surface area (Å²) in [7, 11) is 0. The van der Waals surface area contributed by atoms with Crippen LogP contribution in [0.3, 0.4) is 0 Å². The number of fused-ring (bicyclic) bond motifs is 1. The fraction of sp³-hybridized carbons (Fsp3) is 0.379. The molecule has 0 aliphatic heterocycles. The SMILES string of the molecule is CCC(C)C(NC(=O)C(Cc1cnc[nH]1)NC(=O)C(Cc1cnc[nH]1)NC(=O)C(N)Cc1c[nH]c2ccccc12)C(=O)O. The van der Waals surface area contributed by atoms with E-state index < -0.39 is 47.9 Å². The molecule has 0 aliphatic rings. The molecule has 0 saturated carbocycles. The predicted molar refractivity (Wildman–Crippen MR) is 157 cm³/mol. The Morgan fingerprint density at radius 2 is 1.44 bits per heavy atom. The van der Waals surface area contributed by atoms with Gasteiger partial charge in [0.15, 0.2) is 0 Å². The number of imidazole rings is 2. The molecule has 1 aromatic carbocycles. The van der Waals surface area contributed by atoms with Gasteiger partial charge in [0.25, 0.3) is 0 Å². The van der Waals surface area contributed by atoms with Crippen molar-refractivity contribution in [2.45, 2.75) is 63.7 Å². The van der Waals surface area contributed by atoms with Crippen molar-refractivity contribution in [3.05, 3.63) is 72.5 Å². The lowest BCUT2D eigenvalue weighted by atomic mass is 9.98. The van der Waals surface area contributed by atoms with Crippen molar-refractivity contribution in [1.82, 2.24) is 40.9 Å². The molecule has 4 aromatic rings. The average Bonchev–Trinajstić information content (AvgIpc) is 3.78. The Balaban J connectivity index is 1.51. The Kier molecular flexibility index (Phi) is 10.3. The van der Waals surface area contributed by atoms with Crippen LogP contribution in [-0.2, 0) is 38.4 Å². The van der Waals surface area contributed by atoms with Gasteiger partial charge in [0, 0.05) is 53.7 Å². The van der Waals surface area contributed by atoms with Gasteiger partial charge in [0.2, 0.25) is 17.7 Å². The molecule has 0 radical (unpaired) electrons. The number of nitrogens with two attached hydrogens (primary N) is 1. The maximum atomic E-state index is 13.6. The van der Waals surface area contributed by atoms with Crippen LogP contribution in [0.2, 0.25) is 0 Å². The third-order valence-corrected chi connectivity index (χ3v) is 7.45. The molecular formula is C29H37N9O5. The summed E-state index contributed by atoms with van der Waals surface area (Å²) in [6, 6.07) is 3.25. The molecule has 0 spiro atoms. The van der Waals surface area contributed by atoms with Crippen molar-refractivity contribution in [3.8, 4) is 0 Å². The summed E-state index contributed by atoms with van der Waals surface area (Å²) in [5.41, 5.74) is 9.17. The Morgan fingerprint density at radius 1 is 0.860 bits per heavy atom. The van der Waals surface area contributed by atoms with Crippen LogP contribution in [0.25, 0.3) is 10.9 Å². The number of H-pyrrole nitrogens is 3. The Bertz CT molecular complexity index is 1520. The van der Waals surface area contributed by atoms with Crippen molar-refractivity contribution in [3.63, 3.8) is 0 Å². The summed E-state index contributed by atoms with van der Waals surface area (Å²) < 4.78 is 0. The molecule has 3 heterocycles. The number of para-hydroxylation sites is 1. The number of aromatic nitrogens is 5. The predicted octanol–water partition coefficient (Wildman–Crippen LogP) is 0.554. The lowest BCUT2D eigenvalue weighted by Crippen LogP contribution is -2.58. The number of carboxylic acids is 1. The van der Waals surface area contributed by atoms with Gasteiger partial charge in [0.1, 0.15) is 18.1 Å². The van der Waals surface area contributed by atoms with E-state index in [0.29, 0.717) is 17.8 Å². The molecule has 4 rings (SSSR count). The molecule has 9 N–H and O–H groups in total. The number of carboxylic acid groups (broad SMARTS) is 1. The maximum absolute atomic E-state index is 13.6. The van der Waals surface area contributed by atoms with Crippen LogP contribution >= 0.6 is 0 Å². The zero-order valence-electron chi connectivity index (χ0n) is 24.0. The summed E-state index contributed by atoms with van der Waals surface area (Å²) in [4.78, 5) is 69.0. The fourth-order valence-electron chi connectivity index (χ4n) is 4.77. The second-order valence-electron chi connectivity index (χ2n) is 10.6. The summed E-state index contributed by atoms with van der Waals surface area (Å²) in [6.07, 6.45) is 8.51. The highest BCUT2D eigenvalue weighted by atomic mass is 16.4. The van der Waals surface area contributed by atoms with E-state index in [4.69, 9.17) is 5.73 Å². The minimum Gasteiger partial charge on any atom is -0.480 e. The molecule has 3 aromatic heterocycles. The molecule has 0 bridgehead atoms. The van der Waals surface area contributed by atoms with Gasteiger partial charge in [-0.15, -0.1) is 0 Å². The van der Waals surface area contributed by atoms with E-state index in [1.807, 2.05) is 31.2 Å². The summed E-state index contributed by atoms with van der Waals surface area (Å²) in [6.45, 7) is 3.54. The number of rotatable bonds is 15. The number of carbonyl (C=O) groups is 4. The number of carbonyl (C=O) groups excluding carboxylic acids is 3. The van der Waals surface area contributed by atoms with E-state index in [1.54, 1.807) is 13.1 Å². The first-order valence-corrected chi connectivity index (χ1v) is 14.0. The monoisotopic (exact) mass is 591 g/mol. The van der Waals surface area contributed by atoms with E-state index in [2.05, 4.69) is 40.9 Å². The minimum atomic E-state index is -1.18. The van der Waals surface area contributed by atoms with Gasteiger partial charge in [-0.05, 0) is 24.0 Å². The maximum Gasteiger partial charge on any atom is 0.326 e. The van der Waals surface area contributed by atoms with Gasteiger partial charge in [-0.3, -0.25) is 14.4 Å². The number of nitrogens with one attached hydrogen (secondary N) is 6. The van der Waals surface area contributed by atoms with Crippen LogP contribution in [0.1, 0.15) is 37.2 Å². The largest absolute Gasteiger partial charge is 0.480 e. The summed E-state index contributed by atoms with van der Waals surface area (Å²) >= 11 is 0. The molecule has 14 heteroatoms. The van der Waals surface area contributed by atoms with Crippen molar-refractivity contribution in [2.24, 2.45) is 11.7 Å². The van der Waals surface area contributed by atoms with Crippen LogP contribution in [0.5, 0.6) is 0 Å². The van der Waals surface area contributed by atoms with E-state index in [9.17, 15) is 24.3 Å². The van der Waals surface area contributed by atoms with Crippen molar-refractivity contribution < 1.29 is 24.3 Å². The molecule has 3 amide bonds. The van der Waals surface area contributed by atoms with E-state index in [-0.39, 0.29) is 25.2 Å². The number of amides is 3. The van der Waals surface area contributed by atoms with Gasteiger partial charge in [0.05, 0.1) is 18.7 Å². The first-order valence-electron chi connectivity index (χ1n) is 14.0. The molecule has 0 saturated heterocycles. The van der Waals surface area contributed by atoms with Crippen LogP contribution in [0.4, 0.5) is 0 Å². The van der Waals surface area contributed by atoms with E-state index in [0.717, 1.165) is 16.5 Å². The standard InChI is InChI=1S/C29H37N9O5/c1-3-16(2)25(29(42)43)38-28(41)24(10-19-13-32-15-35-19)37-27(40)23(9-18-12-31-14-34-18)36-26(39)21(30)8-17-11-33-22-7-5-4-6-20(17)22/h4-7,11-16,21,23-25,33H,3,8-10,30H2,1-2H3,(H,31,34)(H,32,35)(H,36,39)(H,37,40)(H,38,41)(H,42,43). The van der Waals surface area contributed by atoms with E-state index >= 15 is 0 Å². The van der Waals surface area contributed by atoms with Crippen molar-refractivity contribution in [1.29, 1.82) is 0 Å². The Labute approximate surface area is 247 Å². The highest BCUT2D eigenvalue weighted by Crippen LogP contribution is 2.19. The van der Waals surface area contributed by atoms with Crippen molar-refractivity contribution >= 4 is 34.6 Å². The number of aromatic amines is 3. The number of nitrogens with zero attached hydrogens (tertiary/aromatic N) is 2. The molecule has 5 unspecified atom stereocenters. The van der Waals surface area contributed by atoms with Crippen LogP contribution in [0, 0.1) is 5.92 Å². The molecule has 0 fully saturated rings. The van der Waals surface area contributed by atoms with Crippen LogP contribution in [-0.4, -0.2) is 77.9 Å². The van der Waals surface area contributed by atoms with Gasteiger partial charge in [-0.1, -0.05) is 38.5 Å². The normalized spacial score (nSPS) is 14.8.